The van der Waals surface area contributed by atoms with E-state index < -0.39 is 0 Å². The van der Waals surface area contributed by atoms with Crippen molar-refractivity contribution >= 4 is 34.4 Å². The van der Waals surface area contributed by atoms with Crippen LogP contribution < -0.4 is 11.5 Å². The minimum atomic E-state index is 0.189. The molecule has 96 valence electrons. The number of nitrogens with zero attached hydrogens (tertiary/aromatic N) is 4. The molecular weight excluding hydrogens is 260 g/mol. The van der Waals surface area contributed by atoms with Gasteiger partial charge in [-0.2, -0.15) is 4.98 Å². The van der Waals surface area contributed by atoms with E-state index in [-0.39, 0.29) is 5.95 Å². The van der Waals surface area contributed by atoms with E-state index in [4.69, 9.17) is 11.5 Å². The van der Waals surface area contributed by atoms with Crippen molar-refractivity contribution < 1.29 is 0 Å². The van der Waals surface area contributed by atoms with E-state index in [2.05, 4.69) is 15.0 Å². The Hall–Kier alpha value is -2.28. The monoisotopic (exact) mass is 272 g/mol. The van der Waals surface area contributed by atoms with Crippen LogP contribution in [0.5, 0.6) is 0 Å². The number of anilines is 2. The van der Waals surface area contributed by atoms with Crippen LogP contribution in [0.4, 0.5) is 11.8 Å². The zero-order valence-corrected chi connectivity index (χ0v) is 11.1. The average Bonchev–Trinajstić information content (AvgIpc) is 2.76. The van der Waals surface area contributed by atoms with E-state index >= 15 is 0 Å². The quantitative estimate of drug-likeness (QED) is 0.737. The molecule has 0 saturated carbocycles. The lowest BCUT2D eigenvalue weighted by Gasteiger charge is -2.05. The molecule has 0 unspecified atom stereocenters. The van der Waals surface area contributed by atoms with Crippen molar-refractivity contribution in [3.63, 3.8) is 0 Å². The molecule has 0 aliphatic heterocycles. The molecule has 7 heteroatoms. The molecule has 1 aromatic carbocycles. The summed E-state index contributed by atoms with van der Waals surface area (Å²) in [5, 5.41) is 1.71. The average molecular weight is 272 g/mol. The topological polar surface area (TPSA) is 95.6 Å². The molecule has 0 aliphatic rings. The zero-order chi connectivity index (χ0) is 13.4. The predicted octanol–water partition coefficient (Wildman–Crippen LogP) is 1.68. The van der Waals surface area contributed by atoms with Crippen LogP contribution in [0.3, 0.4) is 0 Å². The van der Waals surface area contributed by atoms with Crippen LogP contribution in [0.2, 0.25) is 0 Å². The molecule has 0 atom stereocenters. The van der Waals surface area contributed by atoms with Crippen molar-refractivity contribution in [3.05, 3.63) is 30.6 Å². The SMILES string of the molecule is Cn1ccnc1Sc1ccc2nc(N)nc(N)c2c1. The first-order chi connectivity index (χ1) is 9.13. The van der Waals surface area contributed by atoms with Gasteiger partial charge >= 0.3 is 0 Å². The molecule has 19 heavy (non-hydrogen) atoms. The van der Waals surface area contributed by atoms with Gasteiger partial charge in [-0.1, -0.05) is 11.8 Å². The largest absolute Gasteiger partial charge is 0.383 e. The summed E-state index contributed by atoms with van der Waals surface area (Å²) >= 11 is 1.56. The van der Waals surface area contributed by atoms with Crippen molar-refractivity contribution in [2.75, 3.05) is 11.5 Å². The lowest BCUT2D eigenvalue weighted by atomic mass is 10.2. The van der Waals surface area contributed by atoms with E-state index in [1.54, 1.807) is 18.0 Å². The number of hydrogen-bond acceptors (Lipinski definition) is 6. The molecule has 4 N–H and O–H groups in total. The van der Waals surface area contributed by atoms with Crippen LogP contribution >= 0.6 is 11.8 Å². The lowest BCUT2D eigenvalue weighted by molar-refractivity contribution is 0.790. The highest BCUT2D eigenvalue weighted by Gasteiger charge is 2.07. The number of hydrogen-bond donors (Lipinski definition) is 2. The molecule has 0 bridgehead atoms. The number of rotatable bonds is 2. The maximum absolute atomic E-state index is 5.87. The van der Waals surface area contributed by atoms with Gasteiger partial charge in [-0.3, -0.25) is 0 Å². The minimum absolute atomic E-state index is 0.189. The Morgan fingerprint density at radius 2 is 2.05 bits per heavy atom. The summed E-state index contributed by atoms with van der Waals surface area (Å²) in [7, 11) is 1.95. The standard InChI is InChI=1S/C12H12N6S/c1-18-5-4-15-12(18)19-7-2-3-9-8(6-7)10(13)17-11(14)16-9/h2-6H,1H3,(H4,13,14,16,17). The fourth-order valence-corrected chi connectivity index (χ4v) is 2.61. The third-order valence-corrected chi connectivity index (χ3v) is 3.77. The molecule has 6 nitrogen and oxygen atoms in total. The smallest absolute Gasteiger partial charge is 0.222 e. The maximum atomic E-state index is 5.87. The van der Waals surface area contributed by atoms with Gasteiger partial charge in [0.05, 0.1) is 5.52 Å². The van der Waals surface area contributed by atoms with E-state index in [1.165, 1.54) is 0 Å². The summed E-state index contributed by atoms with van der Waals surface area (Å²) in [6.07, 6.45) is 3.67. The van der Waals surface area contributed by atoms with Gasteiger partial charge in [0.2, 0.25) is 5.95 Å². The first-order valence-electron chi connectivity index (χ1n) is 5.61. The van der Waals surface area contributed by atoms with Crippen molar-refractivity contribution in [1.29, 1.82) is 0 Å². The molecule has 3 aromatic rings. The molecule has 2 aromatic heterocycles. The van der Waals surface area contributed by atoms with Gasteiger partial charge in [0.15, 0.2) is 5.16 Å². The Morgan fingerprint density at radius 1 is 1.21 bits per heavy atom. The summed E-state index contributed by atoms with van der Waals surface area (Å²) in [4.78, 5) is 13.4. The van der Waals surface area contributed by atoms with Crippen molar-refractivity contribution in [1.82, 2.24) is 19.5 Å². The summed E-state index contributed by atoms with van der Waals surface area (Å²) < 4.78 is 1.96. The van der Waals surface area contributed by atoms with Crippen LogP contribution in [0.15, 0.2) is 40.6 Å². The molecular formula is C12H12N6S. The third kappa shape index (κ3) is 2.19. The zero-order valence-electron chi connectivity index (χ0n) is 10.2. The van der Waals surface area contributed by atoms with Gasteiger partial charge in [-0.05, 0) is 18.2 Å². The van der Waals surface area contributed by atoms with Crippen molar-refractivity contribution in [2.24, 2.45) is 7.05 Å². The number of imidazole rings is 1. The van der Waals surface area contributed by atoms with Gasteiger partial charge in [0, 0.05) is 29.7 Å². The highest BCUT2D eigenvalue weighted by Crippen LogP contribution is 2.29. The van der Waals surface area contributed by atoms with Crippen LogP contribution in [-0.4, -0.2) is 19.5 Å². The summed E-state index contributed by atoms with van der Waals surface area (Å²) in [5.74, 6) is 0.583. The van der Waals surface area contributed by atoms with E-state index in [9.17, 15) is 0 Å². The number of aryl methyl sites for hydroxylation is 1. The third-order valence-electron chi connectivity index (χ3n) is 2.70. The molecule has 0 radical (unpaired) electrons. The fourth-order valence-electron chi connectivity index (χ4n) is 1.77. The number of benzene rings is 1. The maximum Gasteiger partial charge on any atom is 0.222 e. The van der Waals surface area contributed by atoms with Gasteiger partial charge in [-0.15, -0.1) is 0 Å². The molecule has 0 fully saturated rings. The molecule has 2 heterocycles. The highest BCUT2D eigenvalue weighted by molar-refractivity contribution is 7.99. The number of nitrogen functional groups attached to an aromatic ring is 2. The normalized spacial score (nSPS) is 11.0. The number of fused-ring (bicyclic) bond motifs is 1. The first-order valence-corrected chi connectivity index (χ1v) is 6.43. The van der Waals surface area contributed by atoms with Gasteiger partial charge in [0.25, 0.3) is 0 Å². The Labute approximate surface area is 113 Å². The van der Waals surface area contributed by atoms with Crippen LogP contribution in [0.1, 0.15) is 0 Å². The second-order valence-electron chi connectivity index (χ2n) is 4.07. The summed E-state index contributed by atoms with van der Waals surface area (Å²) in [5.41, 5.74) is 12.2. The second kappa shape index (κ2) is 4.43. The summed E-state index contributed by atoms with van der Waals surface area (Å²) in [6, 6.07) is 5.80. The Bertz CT molecular complexity index is 751. The fraction of sp³-hybridized carbons (Fsp3) is 0.0833. The molecule has 0 spiro atoms. The van der Waals surface area contributed by atoms with Crippen molar-refractivity contribution in [2.45, 2.75) is 10.1 Å². The van der Waals surface area contributed by atoms with Gasteiger partial charge in [0.1, 0.15) is 5.82 Å². The van der Waals surface area contributed by atoms with Gasteiger partial charge in [-0.25, -0.2) is 9.97 Å². The molecule has 0 aliphatic carbocycles. The predicted molar refractivity (Wildman–Crippen MR) is 75.7 cm³/mol. The molecule has 0 saturated heterocycles. The minimum Gasteiger partial charge on any atom is -0.383 e. The lowest BCUT2D eigenvalue weighted by Crippen LogP contribution is -2.00. The Morgan fingerprint density at radius 3 is 2.79 bits per heavy atom. The molecule has 3 rings (SSSR count). The van der Waals surface area contributed by atoms with Crippen molar-refractivity contribution in [3.8, 4) is 0 Å². The molecule has 0 amide bonds. The van der Waals surface area contributed by atoms with E-state index in [1.807, 2.05) is 36.0 Å². The number of nitrogens with two attached hydrogens (primary N) is 2. The Kier molecular flexibility index (Phi) is 2.75. The van der Waals surface area contributed by atoms with Gasteiger partial charge < -0.3 is 16.0 Å². The van der Waals surface area contributed by atoms with Crippen LogP contribution in [-0.2, 0) is 7.05 Å². The van der Waals surface area contributed by atoms with Crippen LogP contribution in [0, 0.1) is 0 Å². The van der Waals surface area contributed by atoms with E-state index in [0.717, 1.165) is 21.0 Å². The number of aromatic nitrogens is 4. The first kappa shape index (κ1) is 11.8. The van der Waals surface area contributed by atoms with Crippen LogP contribution in [0.25, 0.3) is 10.9 Å². The second-order valence-corrected chi connectivity index (χ2v) is 5.11. The van der Waals surface area contributed by atoms with E-state index in [0.29, 0.717) is 5.82 Å². The summed E-state index contributed by atoms with van der Waals surface area (Å²) in [6.45, 7) is 0. The Balaban J connectivity index is 2.04. The highest BCUT2D eigenvalue weighted by atomic mass is 32.2.